The number of hydrogen-bond acceptors (Lipinski definition) is 2. The van der Waals surface area contributed by atoms with Crippen LogP contribution in [0.15, 0.2) is 60.8 Å². The molecule has 2 heteroatoms. The Bertz CT molecular complexity index is 764. The molecule has 1 aliphatic carbocycles. The van der Waals surface area contributed by atoms with E-state index < -0.39 is 0 Å². The van der Waals surface area contributed by atoms with Crippen LogP contribution in [0.2, 0.25) is 0 Å². The van der Waals surface area contributed by atoms with Gasteiger partial charge in [-0.25, -0.2) is 0 Å². The van der Waals surface area contributed by atoms with E-state index in [2.05, 4.69) is 41.4 Å². The summed E-state index contributed by atoms with van der Waals surface area (Å²) >= 11 is 0. The zero-order valence-corrected chi connectivity index (χ0v) is 11.8. The summed E-state index contributed by atoms with van der Waals surface area (Å²) in [6.07, 6.45) is 5.25. The minimum absolute atomic E-state index is 1.05. The molecule has 0 amide bonds. The Balaban J connectivity index is 1.92. The Hall–Kier alpha value is -2.48. The predicted molar refractivity (Wildman–Crippen MR) is 84.9 cm³/mol. The van der Waals surface area contributed by atoms with E-state index in [-0.39, 0.29) is 0 Å². The smallest absolute Gasteiger partial charge is 0.0712 e. The fraction of sp³-hybridized carbons (Fsp3) is 0.158. The highest BCUT2D eigenvalue weighted by Crippen LogP contribution is 2.33. The maximum Gasteiger partial charge on any atom is 0.0712 e. The van der Waals surface area contributed by atoms with Crippen molar-refractivity contribution in [2.75, 3.05) is 0 Å². The van der Waals surface area contributed by atoms with Crippen molar-refractivity contribution in [2.24, 2.45) is 0 Å². The van der Waals surface area contributed by atoms with Crippen molar-refractivity contribution in [1.29, 1.82) is 0 Å². The van der Waals surface area contributed by atoms with E-state index in [9.17, 15) is 0 Å². The van der Waals surface area contributed by atoms with Crippen molar-refractivity contribution in [3.05, 3.63) is 72.1 Å². The highest BCUT2D eigenvalue weighted by Gasteiger charge is 2.19. The molecule has 2 aromatic heterocycles. The molecular weight excluding hydrogens is 256 g/mol. The van der Waals surface area contributed by atoms with Gasteiger partial charge in [0.1, 0.15) is 0 Å². The maximum atomic E-state index is 4.88. The van der Waals surface area contributed by atoms with E-state index in [0.717, 1.165) is 24.2 Å². The number of nitrogens with zero attached hydrogens (tertiary/aromatic N) is 2. The zero-order valence-electron chi connectivity index (χ0n) is 11.8. The molecule has 21 heavy (non-hydrogen) atoms. The van der Waals surface area contributed by atoms with E-state index in [1.54, 1.807) is 0 Å². The van der Waals surface area contributed by atoms with Crippen LogP contribution >= 0.6 is 0 Å². The van der Waals surface area contributed by atoms with Gasteiger partial charge in [0.05, 0.1) is 11.4 Å². The molecule has 0 spiro atoms. The predicted octanol–water partition coefficient (Wildman–Crippen LogP) is 4.30. The van der Waals surface area contributed by atoms with Gasteiger partial charge in [-0.3, -0.25) is 9.97 Å². The Labute approximate surface area is 124 Å². The number of pyridine rings is 2. The average Bonchev–Trinajstić information content (AvgIpc) is 3.04. The van der Waals surface area contributed by atoms with Crippen LogP contribution in [-0.2, 0) is 12.8 Å². The standard InChI is InChI=1S/C19H16N2/c1-2-7-14(8-3-1)19-13-16(17-10-4-5-12-20-17)15-9-6-11-18(15)21-19/h1-5,7-8,10,12-13H,6,9,11H2. The molecule has 0 saturated carbocycles. The summed E-state index contributed by atoms with van der Waals surface area (Å²) < 4.78 is 0. The Morgan fingerprint density at radius 3 is 2.48 bits per heavy atom. The Kier molecular flexibility index (Phi) is 3.00. The SMILES string of the molecule is c1ccc(-c2cc(-c3ccccn3)c3c(n2)CCC3)cc1. The van der Waals surface area contributed by atoms with Crippen LogP contribution in [0.25, 0.3) is 22.5 Å². The summed E-state index contributed by atoms with van der Waals surface area (Å²) in [4.78, 5) is 9.42. The lowest BCUT2D eigenvalue weighted by Crippen LogP contribution is -1.96. The first-order valence-electron chi connectivity index (χ1n) is 7.41. The van der Waals surface area contributed by atoms with Gasteiger partial charge in [0.2, 0.25) is 0 Å². The van der Waals surface area contributed by atoms with Crippen molar-refractivity contribution < 1.29 is 0 Å². The van der Waals surface area contributed by atoms with Crippen LogP contribution in [0.1, 0.15) is 17.7 Å². The number of aryl methyl sites for hydroxylation is 1. The molecule has 0 saturated heterocycles. The van der Waals surface area contributed by atoms with Crippen molar-refractivity contribution in [1.82, 2.24) is 9.97 Å². The number of fused-ring (bicyclic) bond motifs is 1. The number of aromatic nitrogens is 2. The summed E-state index contributed by atoms with van der Waals surface area (Å²) in [6, 6.07) is 18.7. The van der Waals surface area contributed by atoms with E-state index in [1.165, 1.54) is 28.8 Å². The van der Waals surface area contributed by atoms with Crippen molar-refractivity contribution in [3.8, 4) is 22.5 Å². The van der Waals surface area contributed by atoms with Crippen molar-refractivity contribution >= 4 is 0 Å². The third kappa shape index (κ3) is 2.23. The monoisotopic (exact) mass is 272 g/mol. The van der Waals surface area contributed by atoms with Crippen molar-refractivity contribution in [3.63, 3.8) is 0 Å². The Morgan fingerprint density at radius 1 is 0.810 bits per heavy atom. The molecule has 0 atom stereocenters. The molecule has 4 rings (SSSR count). The molecule has 0 bridgehead atoms. The molecular formula is C19H16N2. The highest BCUT2D eigenvalue weighted by atomic mass is 14.7. The largest absolute Gasteiger partial charge is 0.256 e. The fourth-order valence-corrected chi connectivity index (χ4v) is 3.05. The third-order valence-electron chi connectivity index (χ3n) is 4.06. The van der Waals surface area contributed by atoms with E-state index in [1.807, 2.05) is 24.4 Å². The summed E-state index contributed by atoms with van der Waals surface area (Å²) in [7, 11) is 0. The molecule has 0 radical (unpaired) electrons. The van der Waals surface area contributed by atoms with Crippen LogP contribution in [-0.4, -0.2) is 9.97 Å². The average molecular weight is 272 g/mol. The second kappa shape index (κ2) is 5.13. The van der Waals surface area contributed by atoms with E-state index in [0.29, 0.717) is 0 Å². The van der Waals surface area contributed by atoms with Crippen LogP contribution in [0.5, 0.6) is 0 Å². The van der Waals surface area contributed by atoms with Crippen LogP contribution in [0.4, 0.5) is 0 Å². The van der Waals surface area contributed by atoms with Gasteiger partial charge >= 0.3 is 0 Å². The summed E-state index contributed by atoms with van der Waals surface area (Å²) in [5.74, 6) is 0. The van der Waals surface area contributed by atoms with Crippen molar-refractivity contribution in [2.45, 2.75) is 19.3 Å². The lowest BCUT2D eigenvalue weighted by Gasteiger charge is -2.11. The lowest BCUT2D eigenvalue weighted by molar-refractivity contribution is 0.900. The third-order valence-corrected chi connectivity index (χ3v) is 4.06. The van der Waals surface area contributed by atoms with Gasteiger partial charge in [0, 0.05) is 23.0 Å². The highest BCUT2D eigenvalue weighted by molar-refractivity contribution is 5.72. The summed E-state index contributed by atoms with van der Waals surface area (Å²) in [5.41, 5.74) is 7.15. The molecule has 102 valence electrons. The molecule has 1 aliphatic rings. The van der Waals surface area contributed by atoms with Gasteiger partial charge < -0.3 is 0 Å². The normalized spacial score (nSPS) is 13.1. The second-order valence-electron chi connectivity index (χ2n) is 5.41. The number of benzene rings is 1. The minimum Gasteiger partial charge on any atom is -0.256 e. The van der Waals surface area contributed by atoms with Crippen LogP contribution in [0, 0.1) is 0 Å². The second-order valence-corrected chi connectivity index (χ2v) is 5.41. The van der Waals surface area contributed by atoms with Crippen LogP contribution < -0.4 is 0 Å². The van der Waals surface area contributed by atoms with Gasteiger partial charge in [0.25, 0.3) is 0 Å². The summed E-state index contributed by atoms with van der Waals surface area (Å²) in [6.45, 7) is 0. The first-order chi connectivity index (χ1) is 10.4. The van der Waals surface area contributed by atoms with Gasteiger partial charge in [-0.05, 0) is 43.0 Å². The van der Waals surface area contributed by atoms with E-state index >= 15 is 0 Å². The fourth-order valence-electron chi connectivity index (χ4n) is 3.05. The molecule has 0 unspecified atom stereocenters. The van der Waals surface area contributed by atoms with Gasteiger partial charge in [0.15, 0.2) is 0 Å². The molecule has 1 aromatic carbocycles. The van der Waals surface area contributed by atoms with Gasteiger partial charge in [-0.1, -0.05) is 36.4 Å². The van der Waals surface area contributed by atoms with Gasteiger partial charge in [-0.2, -0.15) is 0 Å². The van der Waals surface area contributed by atoms with Gasteiger partial charge in [-0.15, -0.1) is 0 Å². The zero-order chi connectivity index (χ0) is 14.1. The van der Waals surface area contributed by atoms with E-state index in [4.69, 9.17) is 4.98 Å². The Morgan fingerprint density at radius 2 is 1.67 bits per heavy atom. The van der Waals surface area contributed by atoms with Crippen LogP contribution in [0.3, 0.4) is 0 Å². The maximum absolute atomic E-state index is 4.88. The molecule has 0 N–H and O–H groups in total. The molecule has 2 heterocycles. The quantitative estimate of drug-likeness (QED) is 0.695. The number of hydrogen-bond donors (Lipinski definition) is 0. The topological polar surface area (TPSA) is 25.8 Å². The molecule has 2 nitrogen and oxygen atoms in total. The number of rotatable bonds is 2. The molecule has 3 aromatic rings. The first-order valence-corrected chi connectivity index (χ1v) is 7.41. The first kappa shape index (κ1) is 12.3. The minimum atomic E-state index is 1.05. The molecule has 0 fully saturated rings. The lowest BCUT2D eigenvalue weighted by atomic mass is 10.0. The molecule has 0 aliphatic heterocycles. The summed E-state index contributed by atoms with van der Waals surface area (Å²) in [5, 5.41) is 0.